The van der Waals surface area contributed by atoms with Crippen LogP contribution in [0.3, 0.4) is 0 Å². The van der Waals surface area contributed by atoms with Gasteiger partial charge in [0.1, 0.15) is 78.7 Å². The Morgan fingerprint density at radius 1 is 0.703 bits per heavy atom. The van der Waals surface area contributed by atoms with E-state index in [9.17, 15) is 69.6 Å². The predicted octanol–water partition coefficient (Wildman–Crippen LogP) is -3.65. The molecule has 0 radical (unpaired) electrons. The van der Waals surface area contributed by atoms with Gasteiger partial charge >= 0.3 is 0 Å². The Balaban J connectivity index is 1.01. The normalized spacial score (nSPS) is 27.1. The first-order valence-electron chi connectivity index (χ1n) is 24.2. The molecule has 400 valence electrons. The van der Waals surface area contributed by atoms with Crippen LogP contribution in [-0.4, -0.2) is 191 Å². The van der Waals surface area contributed by atoms with E-state index in [2.05, 4.69) is 26.3 Å². The van der Waals surface area contributed by atoms with Crippen LogP contribution in [0.4, 0.5) is 0 Å². The highest BCUT2D eigenvalue weighted by Gasteiger charge is 2.51. The largest absolute Gasteiger partial charge is 0.508 e. The summed E-state index contributed by atoms with van der Waals surface area (Å²) in [6, 6.07) is 17.3. The van der Waals surface area contributed by atoms with Crippen LogP contribution < -0.4 is 27.0 Å². The van der Waals surface area contributed by atoms with Gasteiger partial charge in [-0.3, -0.25) is 28.8 Å². The van der Waals surface area contributed by atoms with Gasteiger partial charge in [-0.1, -0.05) is 60.7 Å². The number of benzene rings is 3. The monoisotopic (exact) mass is 1030 g/mol. The third-order valence-corrected chi connectivity index (χ3v) is 13.4. The standard InChI is InChI=1S/C50H63N7O17/c51-45(68)31(19-25-7-2-1-3-8-25)54-46(69)32(21-27-22-52-30-10-5-4-9-29(27)30)55-47(70)34-11-6-18-57(34)49(71)33(20-26-12-14-28(60)15-13-26)53-37(61)16-17-38(62)56-48-42(66)41(65)44(36(24-59)72-48)74-50-43(67)40(64)39(63)35(23-58)73-50/h1-5,7-10,12-15,22,31-36,39-44,48,50,52,58-60,63-67H,6,11,16-21,23-24H2,(H2,51,68)(H,53,61)(H,54,69)(H,55,70)(H,56,62)/t31-,32-,33-,34-,35+,36+,39-,40-,41+,42+,43+,44+,48+,50-/m0/s1. The number of aromatic nitrogens is 1. The molecule has 4 aromatic rings. The Morgan fingerprint density at radius 2 is 1.36 bits per heavy atom. The maximum absolute atomic E-state index is 14.6. The van der Waals surface area contributed by atoms with Crippen LogP contribution in [-0.2, 0) is 62.2 Å². The third-order valence-electron chi connectivity index (χ3n) is 13.4. The quantitative estimate of drug-likeness (QED) is 0.0383. The highest BCUT2D eigenvalue weighted by molar-refractivity contribution is 5.96. The van der Waals surface area contributed by atoms with Crippen molar-refractivity contribution in [2.24, 2.45) is 5.73 Å². The first kappa shape index (κ1) is 55.2. The zero-order valence-electron chi connectivity index (χ0n) is 40.0. The van der Waals surface area contributed by atoms with Gasteiger partial charge in [0, 0.05) is 55.7 Å². The van der Waals surface area contributed by atoms with Crippen molar-refractivity contribution in [1.82, 2.24) is 31.2 Å². The Kier molecular flexibility index (Phi) is 18.7. The number of hydrogen-bond donors (Lipinski definition) is 14. The van der Waals surface area contributed by atoms with Gasteiger partial charge < -0.3 is 91.9 Å². The summed E-state index contributed by atoms with van der Waals surface area (Å²) >= 11 is 0. The number of nitrogens with one attached hydrogen (secondary N) is 5. The molecule has 74 heavy (non-hydrogen) atoms. The lowest BCUT2D eigenvalue weighted by Gasteiger charge is -2.46. The lowest BCUT2D eigenvalue weighted by molar-refractivity contribution is -0.343. The number of fused-ring (bicyclic) bond motifs is 1. The van der Waals surface area contributed by atoms with Crippen molar-refractivity contribution in [3.8, 4) is 5.75 Å². The average Bonchev–Trinajstić information content (AvgIpc) is 4.06. The highest BCUT2D eigenvalue weighted by atomic mass is 16.7. The number of aliphatic hydroxyl groups excluding tert-OH is 7. The predicted molar refractivity (Wildman–Crippen MR) is 257 cm³/mol. The van der Waals surface area contributed by atoms with E-state index in [1.807, 2.05) is 24.3 Å². The fraction of sp³-hybridized carbons (Fsp3) is 0.480. The number of nitrogens with two attached hydrogens (primary N) is 1. The lowest BCUT2D eigenvalue weighted by Crippen LogP contribution is -2.66. The SMILES string of the molecule is NC(=O)[C@H](Cc1ccccc1)NC(=O)[C@H](Cc1c[nH]c2ccccc12)NC(=O)[C@@H]1CCCN1C(=O)[C@H](Cc1ccc(O)cc1)NC(=O)CCC(=O)N[C@@H]1O[C@H](CO)[C@@H](O[C@@H]2O[C@H](CO)[C@H](O)[C@H](O)[C@H]2O)[C@H](O)[C@H]1O. The number of primary amides is 1. The van der Waals surface area contributed by atoms with E-state index < -0.39 is 147 Å². The van der Waals surface area contributed by atoms with Gasteiger partial charge in [-0.2, -0.15) is 0 Å². The molecule has 6 amide bonds. The molecule has 4 heterocycles. The number of amides is 6. The van der Waals surface area contributed by atoms with Crippen LogP contribution in [0.1, 0.15) is 42.4 Å². The second kappa shape index (κ2) is 25.1. The number of aliphatic hydroxyl groups is 7. The third kappa shape index (κ3) is 13.4. The number of hydrogen-bond acceptors (Lipinski definition) is 17. The fourth-order valence-corrected chi connectivity index (χ4v) is 9.35. The van der Waals surface area contributed by atoms with Crippen molar-refractivity contribution in [2.75, 3.05) is 19.8 Å². The number of aromatic hydroxyl groups is 1. The minimum atomic E-state index is -1.92. The van der Waals surface area contributed by atoms with Crippen LogP contribution in [0, 0.1) is 0 Å². The van der Waals surface area contributed by atoms with E-state index in [-0.39, 0.29) is 38.0 Å². The zero-order chi connectivity index (χ0) is 53.2. The molecule has 3 aromatic carbocycles. The van der Waals surface area contributed by atoms with Crippen molar-refractivity contribution >= 4 is 46.3 Å². The minimum absolute atomic E-state index is 0.0128. The van der Waals surface area contributed by atoms with Gasteiger partial charge in [0.25, 0.3) is 0 Å². The summed E-state index contributed by atoms with van der Waals surface area (Å²) in [7, 11) is 0. The van der Waals surface area contributed by atoms with Crippen molar-refractivity contribution in [1.29, 1.82) is 0 Å². The smallest absolute Gasteiger partial charge is 0.246 e. The molecule has 0 unspecified atom stereocenters. The maximum Gasteiger partial charge on any atom is 0.246 e. The fourth-order valence-electron chi connectivity index (χ4n) is 9.35. The zero-order valence-corrected chi connectivity index (χ0v) is 40.0. The Morgan fingerprint density at radius 3 is 2.07 bits per heavy atom. The summed E-state index contributed by atoms with van der Waals surface area (Å²) in [5.74, 6) is -4.52. The summed E-state index contributed by atoms with van der Waals surface area (Å²) in [6.45, 7) is -1.54. The van der Waals surface area contributed by atoms with Crippen LogP contribution in [0.5, 0.6) is 5.75 Å². The molecule has 3 saturated heterocycles. The summed E-state index contributed by atoms with van der Waals surface area (Å²) in [4.78, 5) is 87.0. The van der Waals surface area contributed by atoms with E-state index in [1.165, 1.54) is 29.2 Å². The topological polar surface area (TPSA) is 385 Å². The molecule has 14 atom stereocenters. The van der Waals surface area contributed by atoms with Gasteiger partial charge in [0.05, 0.1) is 13.2 Å². The van der Waals surface area contributed by atoms with Crippen molar-refractivity contribution in [2.45, 2.75) is 130 Å². The number of phenolic OH excluding ortho intramolecular Hbond substituents is 1. The number of aromatic amines is 1. The first-order chi connectivity index (χ1) is 35.5. The van der Waals surface area contributed by atoms with Gasteiger partial charge in [-0.25, -0.2) is 0 Å². The number of likely N-dealkylation sites (tertiary alicyclic amines) is 1. The molecular weight excluding hydrogens is 971 g/mol. The molecule has 1 aromatic heterocycles. The number of rotatable bonds is 21. The summed E-state index contributed by atoms with van der Waals surface area (Å²) in [5, 5.41) is 93.5. The van der Waals surface area contributed by atoms with Crippen molar-refractivity contribution in [3.63, 3.8) is 0 Å². The number of para-hydroxylation sites is 1. The molecule has 3 aliphatic heterocycles. The molecule has 0 aliphatic carbocycles. The van der Waals surface area contributed by atoms with E-state index in [4.69, 9.17) is 19.9 Å². The molecule has 3 fully saturated rings. The van der Waals surface area contributed by atoms with Gasteiger partial charge in [-0.15, -0.1) is 0 Å². The molecule has 15 N–H and O–H groups in total. The molecule has 24 nitrogen and oxygen atoms in total. The van der Waals surface area contributed by atoms with Gasteiger partial charge in [0.2, 0.25) is 35.4 Å². The number of ether oxygens (including phenoxy) is 3. The Labute approximate surface area is 423 Å². The maximum atomic E-state index is 14.6. The van der Waals surface area contributed by atoms with Crippen LogP contribution >= 0.6 is 0 Å². The second-order valence-electron chi connectivity index (χ2n) is 18.6. The molecular formula is C50H63N7O17. The van der Waals surface area contributed by atoms with Gasteiger partial charge in [0.15, 0.2) is 12.5 Å². The number of carbonyl (C=O) groups excluding carboxylic acids is 6. The van der Waals surface area contributed by atoms with Gasteiger partial charge in [-0.05, 0) is 47.7 Å². The van der Waals surface area contributed by atoms with E-state index >= 15 is 0 Å². The highest BCUT2D eigenvalue weighted by Crippen LogP contribution is 2.29. The van der Waals surface area contributed by atoms with Crippen molar-refractivity contribution in [3.05, 3.63) is 102 Å². The lowest BCUT2D eigenvalue weighted by atomic mass is 9.96. The molecule has 7 rings (SSSR count). The van der Waals surface area contributed by atoms with Crippen LogP contribution in [0.25, 0.3) is 10.9 Å². The van der Waals surface area contributed by atoms with E-state index in [1.54, 1.807) is 36.5 Å². The molecule has 0 spiro atoms. The Hall–Kier alpha value is -6.58. The molecule has 0 bridgehead atoms. The number of H-pyrrole nitrogens is 1. The van der Waals surface area contributed by atoms with Crippen LogP contribution in [0.15, 0.2) is 85.1 Å². The summed E-state index contributed by atoms with van der Waals surface area (Å²) in [6.07, 6.45) is -16.0. The number of nitrogens with zero attached hydrogens (tertiary/aromatic N) is 1. The first-order valence-corrected chi connectivity index (χ1v) is 24.2. The molecule has 24 heteroatoms. The van der Waals surface area contributed by atoms with Crippen molar-refractivity contribution < 1.29 is 83.8 Å². The van der Waals surface area contributed by atoms with Crippen LogP contribution in [0.2, 0.25) is 0 Å². The molecule has 0 saturated carbocycles. The second-order valence-corrected chi connectivity index (χ2v) is 18.6. The minimum Gasteiger partial charge on any atom is -0.508 e. The van der Waals surface area contributed by atoms with E-state index in [0.29, 0.717) is 17.5 Å². The average molecular weight is 1030 g/mol. The summed E-state index contributed by atoms with van der Waals surface area (Å²) < 4.78 is 16.5. The Bertz CT molecular complexity index is 2570. The number of carbonyl (C=O) groups is 6. The number of phenols is 1. The molecule has 3 aliphatic rings. The van der Waals surface area contributed by atoms with E-state index in [0.717, 1.165) is 16.5 Å². The summed E-state index contributed by atoms with van der Waals surface area (Å²) in [5.41, 5.74) is 8.47.